The van der Waals surface area contributed by atoms with Crippen LogP contribution < -0.4 is 5.32 Å². The second kappa shape index (κ2) is 5.60. The molecule has 0 unspecified atom stereocenters. The first-order valence-electron chi connectivity index (χ1n) is 7.85. The Balaban J connectivity index is 1.93. The predicted octanol–water partition coefficient (Wildman–Crippen LogP) is 4.16. The van der Waals surface area contributed by atoms with E-state index in [0.717, 1.165) is 23.3 Å². The Bertz CT molecular complexity index is 887. The van der Waals surface area contributed by atoms with Crippen molar-refractivity contribution in [3.63, 3.8) is 0 Å². The number of allylic oxidation sites excluding steroid dienone is 2. The largest absolute Gasteiger partial charge is 0.328 e. The topological polar surface area (TPSA) is 59.8 Å². The van der Waals surface area contributed by atoms with Crippen LogP contribution in [0.3, 0.4) is 0 Å². The number of Topliss-reactive ketones (excluding diaryl/α,β-unsaturated/α-hetero) is 1. The van der Waals surface area contributed by atoms with Gasteiger partial charge in [-0.15, -0.1) is 0 Å². The second-order valence-electron chi connectivity index (χ2n) is 6.46. The molecule has 7 heteroatoms. The van der Waals surface area contributed by atoms with E-state index in [-0.39, 0.29) is 11.8 Å². The first-order valence-corrected chi connectivity index (χ1v) is 8.61. The molecule has 124 valence electrons. The molecule has 1 aromatic heterocycles. The predicted molar refractivity (Wildman–Crippen MR) is 93.4 cm³/mol. The monoisotopic (exact) mass is 362 g/mol. The smallest absolute Gasteiger partial charge is 0.226 e. The molecule has 0 spiro atoms. The van der Waals surface area contributed by atoms with E-state index in [0.29, 0.717) is 34.2 Å². The third-order valence-electron chi connectivity index (χ3n) is 4.49. The number of anilines is 1. The average Bonchev–Trinajstić information content (AvgIpc) is 2.87. The Kier molecular flexibility index (Phi) is 3.66. The first-order chi connectivity index (χ1) is 11.4. The molecule has 1 aromatic carbocycles. The number of rotatable bonds is 1. The van der Waals surface area contributed by atoms with Gasteiger partial charge in [-0.25, -0.2) is 4.68 Å². The number of ketones is 1. The summed E-state index contributed by atoms with van der Waals surface area (Å²) in [5, 5.41) is 8.73. The van der Waals surface area contributed by atoms with Gasteiger partial charge in [0.15, 0.2) is 5.78 Å². The number of fused-ring (bicyclic) bond motifs is 1. The molecule has 0 saturated heterocycles. The normalized spacial score (nSPS) is 22.9. The summed E-state index contributed by atoms with van der Waals surface area (Å²) in [4.78, 5) is 17.2. The van der Waals surface area contributed by atoms with Crippen molar-refractivity contribution in [3.8, 4) is 0 Å². The molecule has 0 fully saturated rings. The number of carbonyl (C=O) groups excluding carboxylic acids is 1. The van der Waals surface area contributed by atoms with E-state index in [1.807, 2.05) is 13.0 Å². The molecule has 2 heterocycles. The molecule has 0 amide bonds. The zero-order chi connectivity index (χ0) is 17.0. The van der Waals surface area contributed by atoms with Crippen molar-refractivity contribution in [2.45, 2.75) is 32.7 Å². The summed E-state index contributed by atoms with van der Waals surface area (Å²) in [6.45, 7) is 3.92. The Morgan fingerprint density at radius 2 is 2.04 bits per heavy atom. The van der Waals surface area contributed by atoms with E-state index in [4.69, 9.17) is 23.2 Å². The van der Waals surface area contributed by atoms with Crippen molar-refractivity contribution in [1.82, 2.24) is 14.8 Å². The summed E-state index contributed by atoms with van der Waals surface area (Å²) in [5.41, 5.74) is 2.58. The number of hydrogen-bond donors (Lipinski definition) is 1. The summed E-state index contributed by atoms with van der Waals surface area (Å²) in [7, 11) is 0. The number of halogens is 2. The molecular weight excluding hydrogens is 347 g/mol. The highest BCUT2D eigenvalue weighted by atomic mass is 35.5. The molecule has 2 aromatic rings. The zero-order valence-corrected chi connectivity index (χ0v) is 14.8. The fourth-order valence-corrected chi connectivity index (χ4v) is 3.81. The molecular formula is C17H16Cl2N4O. The summed E-state index contributed by atoms with van der Waals surface area (Å²) in [6, 6.07) is 5.12. The maximum atomic E-state index is 12.8. The van der Waals surface area contributed by atoms with Crippen molar-refractivity contribution in [2.75, 3.05) is 5.32 Å². The fourth-order valence-electron chi connectivity index (χ4n) is 3.50. The van der Waals surface area contributed by atoms with Crippen LogP contribution in [0, 0.1) is 12.8 Å². The van der Waals surface area contributed by atoms with E-state index in [2.05, 4.69) is 22.3 Å². The quantitative estimate of drug-likeness (QED) is 0.827. The Hall–Kier alpha value is -1.85. The lowest BCUT2D eigenvalue weighted by Crippen LogP contribution is -2.33. The molecule has 24 heavy (non-hydrogen) atoms. The molecule has 1 aliphatic carbocycles. The van der Waals surface area contributed by atoms with Gasteiger partial charge >= 0.3 is 0 Å². The Morgan fingerprint density at radius 3 is 2.79 bits per heavy atom. The zero-order valence-electron chi connectivity index (χ0n) is 13.3. The van der Waals surface area contributed by atoms with Gasteiger partial charge < -0.3 is 5.32 Å². The summed E-state index contributed by atoms with van der Waals surface area (Å²) >= 11 is 12.3. The van der Waals surface area contributed by atoms with E-state index >= 15 is 0 Å². The maximum Gasteiger partial charge on any atom is 0.226 e. The number of nitrogens with zero attached hydrogens (tertiary/aromatic N) is 3. The van der Waals surface area contributed by atoms with Gasteiger partial charge in [-0.2, -0.15) is 10.1 Å². The minimum atomic E-state index is -0.327. The third-order valence-corrected chi connectivity index (χ3v) is 5.23. The highest BCUT2D eigenvalue weighted by molar-refractivity contribution is 6.42. The minimum absolute atomic E-state index is 0.145. The number of benzene rings is 1. The van der Waals surface area contributed by atoms with E-state index in [1.54, 1.807) is 16.8 Å². The van der Waals surface area contributed by atoms with E-state index < -0.39 is 0 Å². The van der Waals surface area contributed by atoms with Crippen molar-refractivity contribution in [1.29, 1.82) is 0 Å². The summed E-state index contributed by atoms with van der Waals surface area (Å²) in [6.07, 6.45) is 1.37. The molecule has 4 rings (SSSR count). The molecule has 2 aliphatic rings. The first kappa shape index (κ1) is 15.7. The number of hydrogen-bond acceptors (Lipinski definition) is 4. The lowest BCUT2D eigenvalue weighted by molar-refractivity contribution is -0.117. The van der Waals surface area contributed by atoms with Crippen LogP contribution in [-0.2, 0) is 4.79 Å². The van der Waals surface area contributed by atoms with Crippen LogP contribution in [0.1, 0.15) is 37.2 Å². The van der Waals surface area contributed by atoms with Crippen LogP contribution in [0.5, 0.6) is 0 Å². The van der Waals surface area contributed by atoms with Crippen molar-refractivity contribution >= 4 is 34.9 Å². The van der Waals surface area contributed by atoms with Gasteiger partial charge in [0.05, 0.1) is 10.0 Å². The van der Waals surface area contributed by atoms with Gasteiger partial charge in [0, 0.05) is 17.7 Å². The highest BCUT2D eigenvalue weighted by Gasteiger charge is 2.38. The van der Waals surface area contributed by atoms with Crippen LogP contribution in [0.25, 0.3) is 0 Å². The van der Waals surface area contributed by atoms with Gasteiger partial charge in [0.1, 0.15) is 11.9 Å². The van der Waals surface area contributed by atoms with Crippen LogP contribution in [0.2, 0.25) is 10.0 Å². The molecule has 5 nitrogen and oxygen atoms in total. The summed E-state index contributed by atoms with van der Waals surface area (Å²) in [5.74, 6) is 1.77. The van der Waals surface area contributed by atoms with E-state index in [1.165, 1.54) is 0 Å². The number of aryl methyl sites for hydroxylation is 1. The van der Waals surface area contributed by atoms with Crippen molar-refractivity contribution in [3.05, 3.63) is 50.9 Å². The van der Waals surface area contributed by atoms with Crippen LogP contribution in [0.4, 0.5) is 5.95 Å². The number of carbonyl (C=O) groups is 1. The summed E-state index contributed by atoms with van der Waals surface area (Å²) < 4.78 is 1.77. The van der Waals surface area contributed by atoms with Crippen molar-refractivity contribution in [2.24, 2.45) is 5.92 Å². The SMILES string of the molecule is Cc1nc2n(n1)[C@@H](c1ccc(Cl)c(Cl)c1)C1=C(C[C@H](C)CC1=O)N2. The van der Waals surface area contributed by atoms with Gasteiger partial charge in [0.25, 0.3) is 0 Å². The standard InChI is InChI=1S/C17H16Cl2N4O/c1-8-5-13-15(14(24)6-8)16(10-3-4-11(18)12(19)7-10)23-17(21-13)20-9(2)22-23/h3-4,7-8,16H,5-6H2,1-2H3,(H,20,21,22)/t8-,16-/m0/s1. The minimum Gasteiger partial charge on any atom is -0.328 e. The molecule has 1 aliphatic heterocycles. The Labute approximate surface area is 149 Å². The Morgan fingerprint density at radius 1 is 1.25 bits per heavy atom. The molecule has 2 atom stereocenters. The fraction of sp³-hybridized carbons (Fsp3) is 0.353. The van der Waals surface area contributed by atoms with Crippen LogP contribution >= 0.6 is 23.2 Å². The number of aromatic nitrogens is 3. The molecule has 1 N–H and O–H groups in total. The van der Waals surface area contributed by atoms with Gasteiger partial charge in [0.2, 0.25) is 5.95 Å². The molecule has 0 radical (unpaired) electrons. The maximum absolute atomic E-state index is 12.8. The molecule has 0 bridgehead atoms. The van der Waals surface area contributed by atoms with Crippen LogP contribution in [0.15, 0.2) is 29.5 Å². The third kappa shape index (κ3) is 2.43. The second-order valence-corrected chi connectivity index (χ2v) is 7.27. The highest BCUT2D eigenvalue weighted by Crippen LogP contribution is 2.42. The van der Waals surface area contributed by atoms with Gasteiger partial charge in [-0.05, 0) is 37.0 Å². The lowest BCUT2D eigenvalue weighted by atomic mass is 9.81. The van der Waals surface area contributed by atoms with Crippen molar-refractivity contribution < 1.29 is 4.79 Å². The number of nitrogens with one attached hydrogen (secondary N) is 1. The average molecular weight is 363 g/mol. The van der Waals surface area contributed by atoms with Gasteiger partial charge in [-0.3, -0.25) is 4.79 Å². The molecule has 0 saturated carbocycles. The van der Waals surface area contributed by atoms with Gasteiger partial charge in [-0.1, -0.05) is 36.2 Å². The van der Waals surface area contributed by atoms with Crippen LogP contribution in [-0.4, -0.2) is 20.5 Å². The van der Waals surface area contributed by atoms with E-state index in [9.17, 15) is 4.79 Å². The lowest BCUT2D eigenvalue weighted by Gasteiger charge is -2.34.